The third-order valence-corrected chi connectivity index (χ3v) is 5.44. The van der Waals surface area contributed by atoms with E-state index in [2.05, 4.69) is 9.97 Å². The van der Waals surface area contributed by atoms with Gasteiger partial charge >= 0.3 is 5.69 Å². The summed E-state index contributed by atoms with van der Waals surface area (Å²) in [5.41, 5.74) is 0.951. The van der Waals surface area contributed by atoms with E-state index in [1.807, 2.05) is 0 Å². The second-order valence-electron chi connectivity index (χ2n) is 4.95. The minimum absolute atomic E-state index is 0.271. The first-order chi connectivity index (χ1) is 10.1. The number of aromatic amines is 1. The number of nitrogens with one attached hydrogen (secondary N) is 1. The van der Waals surface area contributed by atoms with Crippen LogP contribution in [0.15, 0.2) is 46.3 Å². The molecule has 1 fully saturated rings. The van der Waals surface area contributed by atoms with Crippen LogP contribution in [0.5, 0.6) is 0 Å². The average Bonchev–Trinajstić information content (AvgIpc) is 3.03. The third-order valence-electron chi connectivity index (χ3n) is 3.54. The van der Waals surface area contributed by atoms with Crippen LogP contribution < -0.4 is 5.69 Å². The molecule has 1 saturated heterocycles. The maximum atomic E-state index is 12.5. The quantitative estimate of drug-likeness (QED) is 0.924. The molecular weight excluding hydrogens is 290 g/mol. The largest absolute Gasteiger partial charge is 0.344 e. The zero-order chi connectivity index (χ0) is 14.9. The fourth-order valence-corrected chi connectivity index (χ4v) is 3.98. The van der Waals surface area contributed by atoms with Crippen molar-refractivity contribution in [2.24, 2.45) is 0 Å². The van der Waals surface area contributed by atoms with E-state index in [-0.39, 0.29) is 4.90 Å². The van der Waals surface area contributed by atoms with E-state index in [0.29, 0.717) is 24.2 Å². The number of benzene rings is 1. The predicted octanol–water partition coefficient (Wildman–Crippen LogP) is 1.22. The van der Waals surface area contributed by atoms with Crippen LogP contribution in [-0.4, -0.2) is 35.8 Å². The second-order valence-corrected chi connectivity index (χ2v) is 6.88. The van der Waals surface area contributed by atoms with E-state index in [1.54, 1.807) is 24.3 Å². The summed E-state index contributed by atoms with van der Waals surface area (Å²) in [5.74, 6) is 0. The van der Waals surface area contributed by atoms with Crippen molar-refractivity contribution in [2.75, 3.05) is 13.1 Å². The molecule has 21 heavy (non-hydrogen) atoms. The molecule has 0 saturated carbocycles. The molecule has 1 aromatic heterocycles. The molecule has 3 rings (SSSR count). The molecule has 110 valence electrons. The molecule has 2 aromatic rings. The maximum Gasteiger partial charge on any atom is 0.344 e. The summed E-state index contributed by atoms with van der Waals surface area (Å²) in [6, 6.07) is 6.70. The SMILES string of the molecule is O=c1ncc(-c2cccc(S(=O)(=O)N3CCCC3)c2)c[nH]1. The number of aromatic nitrogens is 2. The zero-order valence-electron chi connectivity index (χ0n) is 11.3. The van der Waals surface area contributed by atoms with Gasteiger partial charge in [-0.2, -0.15) is 4.31 Å². The Bertz CT molecular complexity index is 788. The van der Waals surface area contributed by atoms with Gasteiger partial charge in [0, 0.05) is 31.0 Å². The monoisotopic (exact) mass is 305 g/mol. The summed E-state index contributed by atoms with van der Waals surface area (Å²) in [7, 11) is -3.44. The molecular formula is C14H15N3O3S. The average molecular weight is 305 g/mol. The molecule has 0 bridgehead atoms. The van der Waals surface area contributed by atoms with Crippen LogP contribution in [0.2, 0.25) is 0 Å². The smallest absolute Gasteiger partial charge is 0.312 e. The van der Waals surface area contributed by atoms with Gasteiger partial charge in [0.1, 0.15) is 0 Å². The van der Waals surface area contributed by atoms with Gasteiger partial charge in [-0.15, -0.1) is 0 Å². The van der Waals surface area contributed by atoms with E-state index in [4.69, 9.17) is 0 Å². The lowest BCUT2D eigenvalue weighted by Gasteiger charge is -2.16. The highest BCUT2D eigenvalue weighted by molar-refractivity contribution is 7.89. The van der Waals surface area contributed by atoms with Gasteiger partial charge in [0.2, 0.25) is 10.0 Å². The van der Waals surface area contributed by atoms with Crippen molar-refractivity contribution in [3.63, 3.8) is 0 Å². The third kappa shape index (κ3) is 2.74. The minimum Gasteiger partial charge on any atom is -0.312 e. The second kappa shape index (κ2) is 5.42. The van der Waals surface area contributed by atoms with E-state index < -0.39 is 15.7 Å². The van der Waals surface area contributed by atoms with Crippen LogP contribution in [-0.2, 0) is 10.0 Å². The van der Waals surface area contributed by atoms with Crippen molar-refractivity contribution < 1.29 is 8.42 Å². The molecule has 7 heteroatoms. The minimum atomic E-state index is -3.44. The number of hydrogen-bond donors (Lipinski definition) is 1. The molecule has 1 aromatic carbocycles. The first kappa shape index (κ1) is 14.0. The topological polar surface area (TPSA) is 83.1 Å². The molecule has 0 atom stereocenters. The van der Waals surface area contributed by atoms with Gasteiger partial charge in [0.15, 0.2) is 0 Å². The summed E-state index contributed by atoms with van der Waals surface area (Å²) < 4.78 is 26.6. The zero-order valence-corrected chi connectivity index (χ0v) is 12.1. The molecule has 1 aliphatic heterocycles. The van der Waals surface area contributed by atoms with Gasteiger partial charge in [-0.3, -0.25) is 0 Å². The van der Waals surface area contributed by atoms with Crippen molar-refractivity contribution in [1.29, 1.82) is 0 Å². The summed E-state index contributed by atoms with van der Waals surface area (Å²) in [4.78, 5) is 17.4. The Morgan fingerprint density at radius 3 is 2.57 bits per heavy atom. The fraction of sp³-hybridized carbons (Fsp3) is 0.286. The summed E-state index contributed by atoms with van der Waals surface area (Å²) in [5, 5.41) is 0. The molecule has 0 amide bonds. The van der Waals surface area contributed by atoms with Gasteiger partial charge in [0.25, 0.3) is 0 Å². The van der Waals surface area contributed by atoms with Crippen molar-refractivity contribution in [3.05, 3.63) is 47.1 Å². The van der Waals surface area contributed by atoms with Crippen molar-refractivity contribution >= 4 is 10.0 Å². The lowest BCUT2D eigenvalue weighted by atomic mass is 10.1. The number of hydrogen-bond acceptors (Lipinski definition) is 4. The summed E-state index contributed by atoms with van der Waals surface area (Å²) >= 11 is 0. The van der Waals surface area contributed by atoms with Crippen molar-refractivity contribution in [2.45, 2.75) is 17.7 Å². The van der Waals surface area contributed by atoms with E-state index in [1.165, 1.54) is 16.7 Å². The first-order valence-corrected chi connectivity index (χ1v) is 8.17. The molecule has 1 N–H and O–H groups in total. The van der Waals surface area contributed by atoms with Crippen LogP contribution in [0.25, 0.3) is 11.1 Å². The lowest BCUT2D eigenvalue weighted by molar-refractivity contribution is 0.477. The van der Waals surface area contributed by atoms with Gasteiger partial charge < -0.3 is 4.98 Å². The summed E-state index contributed by atoms with van der Waals surface area (Å²) in [6.07, 6.45) is 4.77. The maximum absolute atomic E-state index is 12.5. The molecule has 6 nitrogen and oxygen atoms in total. The number of H-pyrrole nitrogens is 1. The van der Waals surface area contributed by atoms with Gasteiger partial charge in [0.05, 0.1) is 4.90 Å². The van der Waals surface area contributed by atoms with Gasteiger partial charge in [-0.1, -0.05) is 12.1 Å². The molecule has 0 aliphatic carbocycles. The first-order valence-electron chi connectivity index (χ1n) is 6.73. The molecule has 0 radical (unpaired) electrons. The van der Waals surface area contributed by atoms with E-state index >= 15 is 0 Å². The van der Waals surface area contributed by atoms with Gasteiger partial charge in [-0.25, -0.2) is 18.2 Å². The normalized spacial score (nSPS) is 16.2. The number of rotatable bonds is 3. The molecule has 0 unspecified atom stereocenters. The van der Waals surface area contributed by atoms with Crippen LogP contribution in [0.4, 0.5) is 0 Å². The number of sulfonamides is 1. The molecule has 0 spiro atoms. The van der Waals surface area contributed by atoms with Crippen molar-refractivity contribution in [1.82, 2.24) is 14.3 Å². The highest BCUT2D eigenvalue weighted by Gasteiger charge is 2.27. The highest BCUT2D eigenvalue weighted by Crippen LogP contribution is 2.25. The van der Waals surface area contributed by atoms with Crippen LogP contribution >= 0.6 is 0 Å². The van der Waals surface area contributed by atoms with Crippen LogP contribution in [0, 0.1) is 0 Å². The molecule has 2 heterocycles. The van der Waals surface area contributed by atoms with Crippen LogP contribution in [0.1, 0.15) is 12.8 Å². The summed E-state index contributed by atoms with van der Waals surface area (Å²) in [6.45, 7) is 1.15. The Kier molecular flexibility index (Phi) is 3.60. The van der Waals surface area contributed by atoms with Gasteiger partial charge in [-0.05, 0) is 30.5 Å². The lowest BCUT2D eigenvalue weighted by Crippen LogP contribution is -2.27. The fourth-order valence-electron chi connectivity index (χ4n) is 2.41. The Morgan fingerprint density at radius 2 is 1.90 bits per heavy atom. The Hall–Kier alpha value is -1.99. The Morgan fingerprint density at radius 1 is 1.14 bits per heavy atom. The van der Waals surface area contributed by atoms with E-state index in [9.17, 15) is 13.2 Å². The van der Waals surface area contributed by atoms with E-state index in [0.717, 1.165) is 12.8 Å². The van der Waals surface area contributed by atoms with Crippen molar-refractivity contribution in [3.8, 4) is 11.1 Å². The standard InChI is InChI=1S/C14H15N3O3S/c18-14-15-9-12(10-16-14)11-4-3-5-13(8-11)21(19,20)17-6-1-2-7-17/h3-5,8-10H,1-2,6-7H2,(H,15,16,18). The molecule has 1 aliphatic rings. The predicted molar refractivity (Wildman–Crippen MR) is 78.3 cm³/mol. The Balaban J connectivity index is 2.00. The highest BCUT2D eigenvalue weighted by atomic mass is 32.2. The number of nitrogens with zero attached hydrogens (tertiary/aromatic N) is 2. The van der Waals surface area contributed by atoms with Crippen LogP contribution in [0.3, 0.4) is 0 Å². The Labute approximate surface area is 122 Å².